The predicted octanol–water partition coefficient (Wildman–Crippen LogP) is 4.72. The number of ether oxygens (including phenoxy) is 1. The van der Waals surface area contributed by atoms with E-state index in [1.807, 2.05) is 20.8 Å². The van der Waals surface area contributed by atoms with Crippen molar-refractivity contribution in [3.8, 4) is 0 Å². The molecule has 0 radical (unpaired) electrons. The number of carbonyl (C=O) groups excluding carboxylic acids is 1. The fourth-order valence-corrected chi connectivity index (χ4v) is 4.61. The molecule has 4 nitrogen and oxygen atoms in total. The van der Waals surface area contributed by atoms with Crippen LogP contribution in [-0.4, -0.2) is 28.0 Å². The summed E-state index contributed by atoms with van der Waals surface area (Å²) in [4.78, 5) is 18.8. The fraction of sp³-hybridized carbons (Fsp3) is 0.500. The van der Waals surface area contributed by atoms with Gasteiger partial charge in [0.05, 0.1) is 11.6 Å². The molecule has 3 heterocycles. The van der Waals surface area contributed by atoms with Gasteiger partial charge in [-0.3, -0.25) is 0 Å². The molecule has 2 aromatic rings. The van der Waals surface area contributed by atoms with Gasteiger partial charge in [-0.25, -0.2) is 4.79 Å². The van der Waals surface area contributed by atoms with Gasteiger partial charge in [0.2, 0.25) is 0 Å². The van der Waals surface area contributed by atoms with Crippen LogP contribution in [0.1, 0.15) is 58.3 Å². The molecule has 2 aliphatic rings. The highest BCUT2D eigenvalue weighted by Gasteiger charge is 2.39. The number of nitrogens with zero attached hydrogens (tertiary/aromatic N) is 1. The van der Waals surface area contributed by atoms with Crippen molar-refractivity contribution in [3.05, 3.63) is 46.8 Å². The number of para-hydroxylation sites is 1. The Morgan fingerprint density at radius 1 is 1.27 bits per heavy atom. The van der Waals surface area contributed by atoms with Crippen molar-refractivity contribution >= 4 is 16.9 Å². The molecule has 2 atom stereocenters. The van der Waals surface area contributed by atoms with Gasteiger partial charge in [0.15, 0.2) is 0 Å². The second-order valence-electron chi connectivity index (χ2n) is 8.66. The Bertz CT molecular complexity index is 900. The largest absolute Gasteiger partial charge is 0.457 e. The lowest BCUT2D eigenvalue weighted by atomic mass is 9.82. The number of benzene rings is 1. The third kappa shape index (κ3) is 2.72. The van der Waals surface area contributed by atoms with E-state index in [1.165, 1.54) is 22.2 Å². The molecule has 138 valence electrons. The summed E-state index contributed by atoms with van der Waals surface area (Å²) in [5.74, 6) is 0.0202. The van der Waals surface area contributed by atoms with Crippen molar-refractivity contribution in [1.29, 1.82) is 0 Å². The molecular formula is C22H28N2O2. The zero-order valence-corrected chi connectivity index (χ0v) is 16.3. The topological polar surface area (TPSA) is 45.3 Å². The van der Waals surface area contributed by atoms with Crippen LogP contribution >= 0.6 is 0 Å². The van der Waals surface area contributed by atoms with Gasteiger partial charge in [-0.1, -0.05) is 25.1 Å². The lowest BCUT2D eigenvalue weighted by Crippen LogP contribution is -2.41. The van der Waals surface area contributed by atoms with E-state index in [0.717, 1.165) is 30.7 Å². The molecule has 1 N–H and O–H groups in total. The van der Waals surface area contributed by atoms with Crippen molar-refractivity contribution in [1.82, 2.24) is 9.88 Å². The van der Waals surface area contributed by atoms with Gasteiger partial charge in [0, 0.05) is 28.8 Å². The van der Waals surface area contributed by atoms with Gasteiger partial charge in [-0.15, -0.1) is 0 Å². The van der Waals surface area contributed by atoms with Crippen LogP contribution in [-0.2, 0) is 16.0 Å². The van der Waals surface area contributed by atoms with Crippen LogP contribution in [0.3, 0.4) is 0 Å². The molecule has 1 aromatic carbocycles. The van der Waals surface area contributed by atoms with Gasteiger partial charge < -0.3 is 14.6 Å². The van der Waals surface area contributed by atoms with Crippen LogP contribution < -0.4 is 0 Å². The maximum atomic E-state index is 12.8. The number of allylic oxidation sites excluding steroid dienone is 1. The molecule has 0 aliphatic carbocycles. The van der Waals surface area contributed by atoms with E-state index in [0.29, 0.717) is 6.04 Å². The number of H-pyrrole nitrogens is 1. The van der Waals surface area contributed by atoms with Crippen molar-refractivity contribution in [2.75, 3.05) is 6.54 Å². The SMILES string of the molecule is CC1=C(C(=O)OC(C)(C)C)[C@H](C)C[C@H]2c3[nH]c4ccccc4c3CCN12. The number of nitrogens with one attached hydrogen (secondary N) is 1. The average Bonchev–Trinajstić information content (AvgIpc) is 2.92. The summed E-state index contributed by atoms with van der Waals surface area (Å²) >= 11 is 0. The molecule has 0 saturated heterocycles. The Balaban J connectivity index is 1.73. The summed E-state index contributed by atoms with van der Waals surface area (Å²) in [5, 5.41) is 1.34. The minimum atomic E-state index is -0.465. The number of carbonyl (C=O) groups is 1. The highest BCUT2D eigenvalue weighted by molar-refractivity contribution is 5.90. The van der Waals surface area contributed by atoms with Crippen molar-refractivity contribution in [3.63, 3.8) is 0 Å². The number of fused-ring (bicyclic) bond motifs is 5. The van der Waals surface area contributed by atoms with E-state index in [9.17, 15) is 4.79 Å². The van der Waals surface area contributed by atoms with Crippen molar-refractivity contribution < 1.29 is 9.53 Å². The molecule has 0 spiro atoms. The monoisotopic (exact) mass is 352 g/mol. The zero-order valence-electron chi connectivity index (χ0n) is 16.3. The maximum Gasteiger partial charge on any atom is 0.336 e. The minimum Gasteiger partial charge on any atom is -0.457 e. The number of hydrogen-bond acceptors (Lipinski definition) is 3. The second-order valence-corrected chi connectivity index (χ2v) is 8.66. The second kappa shape index (κ2) is 5.90. The van der Waals surface area contributed by atoms with Crippen LogP contribution in [0.4, 0.5) is 0 Å². The Kier molecular flexibility index (Phi) is 3.90. The number of aromatic amines is 1. The predicted molar refractivity (Wildman–Crippen MR) is 104 cm³/mol. The molecule has 26 heavy (non-hydrogen) atoms. The third-order valence-corrected chi connectivity index (χ3v) is 5.67. The Hall–Kier alpha value is -2.23. The average molecular weight is 352 g/mol. The van der Waals surface area contributed by atoms with Crippen LogP contribution in [0.15, 0.2) is 35.5 Å². The zero-order chi connectivity index (χ0) is 18.6. The molecule has 0 unspecified atom stereocenters. The summed E-state index contributed by atoms with van der Waals surface area (Å²) in [6.07, 6.45) is 1.94. The lowest BCUT2D eigenvalue weighted by molar-refractivity contribution is -0.151. The van der Waals surface area contributed by atoms with Crippen molar-refractivity contribution in [2.45, 2.75) is 59.1 Å². The standard InChI is InChI=1S/C22H28N2O2/c1-13-12-18-20-16(15-8-6-7-9-17(15)23-20)10-11-24(18)14(2)19(13)21(25)26-22(3,4)5/h6-9,13,18,23H,10-12H2,1-5H3/t13-,18+/m1/s1. The van der Waals surface area contributed by atoms with Crippen LogP contribution in [0.5, 0.6) is 0 Å². The highest BCUT2D eigenvalue weighted by Crippen LogP contribution is 2.45. The molecule has 4 heteroatoms. The van der Waals surface area contributed by atoms with E-state index < -0.39 is 5.60 Å². The smallest absolute Gasteiger partial charge is 0.336 e. The molecule has 0 amide bonds. The van der Waals surface area contributed by atoms with E-state index >= 15 is 0 Å². The molecule has 2 aliphatic heterocycles. The first-order valence-electron chi connectivity index (χ1n) is 9.56. The van der Waals surface area contributed by atoms with Crippen molar-refractivity contribution in [2.24, 2.45) is 5.92 Å². The normalized spacial score (nSPS) is 23.0. The van der Waals surface area contributed by atoms with Crippen LogP contribution in [0, 0.1) is 5.92 Å². The third-order valence-electron chi connectivity index (χ3n) is 5.67. The van der Waals surface area contributed by atoms with Gasteiger partial charge in [-0.2, -0.15) is 0 Å². The summed E-state index contributed by atoms with van der Waals surface area (Å²) in [7, 11) is 0. The summed E-state index contributed by atoms with van der Waals surface area (Å²) < 4.78 is 5.68. The molecule has 4 rings (SSSR count). The Labute approximate surface area is 155 Å². The highest BCUT2D eigenvalue weighted by atomic mass is 16.6. The fourth-order valence-electron chi connectivity index (χ4n) is 4.61. The first kappa shape index (κ1) is 17.2. The first-order valence-corrected chi connectivity index (χ1v) is 9.56. The quantitative estimate of drug-likeness (QED) is 0.755. The van der Waals surface area contributed by atoms with Gasteiger partial charge in [0.1, 0.15) is 5.60 Å². The van der Waals surface area contributed by atoms with E-state index in [1.54, 1.807) is 0 Å². The number of esters is 1. The summed E-state index contributed by atoms with van der Waals surface area (Å²) in [6.45, 7) is 11.0. The molecule has 0 fully saturated rings. The summed E-state index contributed by atoms with van der Waals surface area (Å²) in [6, 6.07) is 8.86. The van der Waals surface area contributed by atoms with Gasteiger partial charge >= 0.3 is 5.97 Å². The Morgan fingerprint density at radius 2 is 2.00 bits per heavy atom. The number of hydrogen-bond donors (Lipinski definition) is 1. The lowest BCUT2D eigenvalue weighted by Gasteiger charge is -2.44. The first-order chi connectivity index (χ1) is 12.3. The molecule has 0 saturated carbocycles. The number of rotatable bonds is 1. The van der Waals surface area contributed by atoms with E-state index in [-0.39, 0.29) is 11.9 Å². The van der Waals surface area contributed by atoms with Gasteiger partial charge in [0.25, 0.3) is 0 Å². The molecular weight excluding hydrogens is 324 g/mol. The van der Waals surface area contributed by atoms with Gasteiger partial charge in [-0.05, 0) is 58.1 Å². The van der Waals surface area contributed by atoms with Crippen LogP contribution in [0.2, 0.25) is 0 Å². The maximum absolute atomic E-state index is 12.8. The van der Waals surface area contributed by atoms with E-state index in [4.69, 9.17) is 4.74 Å². The number of aromatic nitrogens is 1. The Morgan fingerprint density at radius 3 is 2.73 bits per heavy atom. The minimum absolute atomic E-state index is 0.164. The molecule has 1 aromatic heterocycles. The van der Waals surface area contributed by atoms with Crippen LogP contribution in [0.25, 0.3) is 10.9 Å². The molecule has 0 bridgehead atoms. The van der Waals surface area contributed by atoms with E-state index in [2.05, 4.69) is 48.0 Å². The summed E-state index contributed by atoms with van der Waals surface area (Å²) in [5.41, 5.74) is 5.44.